The summed E-state index contributed by atoms with van der Waals surface area (Å²) in [6.45, 7) is 1.72. The van der Waals surface area contributed by atoms with Gasteiger partial charge in [0.1, 0.15) is 5.75 Å². The number of aromatic amines is 2. The molecule has 27 heavy (non-hydrogen) atoms. The molecule has 0 bridgehead atoms. The van der Waals surface area contributed by atoms with Gasteiger partial charge >= 0.3 is 5.97 Å². The van der Waals surface area contributed by atoms with Crippen LogP contribution in [0.3, 0.4) is 0 Å². The molecular weight excluding hydrogens is 350 g/mol. The number of carbonyl (C=O) groups is 1. The highest BCUT2D eigenvalue weighted by molar-refractivity contribution is 5.82. The monoisotopic (exact) mass is 371 g/mol. The molecule has 0 radical (unpaired) electrons. The van der Waals surface area contributed by atoms with E-state index in [2.05, 4.69) is 10.2 Å². The van der Waals surface area contributed by atoms with E-state index in [0.717, 1.165) is 5.39 Å². The molecule has 0 saturated heterocycles. The Balaban J connectivity index is 2.27. The maximum atomic E-state index is 13.1. The Kier molecular flexibility index (Phi) is 4.89. The van der Waals surface area contributed by atoms with Crippen molar-refractivity contribution in [2.45, 2.75) is 19.3 Å². The number of fused-ring (bicyclic) bond motifs is 1. The highest BCUT2D eigenvalue weighted by Gasteiger charge is 2.27. The third-order valence-electron chi connectivity index (χ3n) is 4.80. The minimum Gasteiger partial charge on any atom is -0.497 e. The maximum absolute atomic E-state index is 13.1. The van der Waals surface area contributed by atoms with Crippen molar-refractivity contribution in [2.24, 2.45) is 7.05 Å². The summed E-state index contributed by atoms with van der Waals surface area (Å²) in [6, 6.07) is 7.11. The first-order chi connectivity index (χ1) is 12.9. The molecule has 0 aliphatic rings. The molecule has 1 aromatic carbocycles. The molecular formula is C19H21N3O5. The van der Waals surface area contributed by atoms with Gasteiger partial charge in [-0.25, -0.2) is 0 Å². The van der Waals surface area contributed by atoms with E-state index in [9.17, 15) is 14.4 Å². The average molecular weight is 371 g/mol. The largest absolute Gasteiger partial charge is 0.497 e. The van der Waals surface area contributed by atoms with Gasteiger partial charge in [0.15, 0.2) is 0 Å². The number of hydrogen-bond acceptors (Lipinski definition) is 5. The second-order valence-corrected chi connectivity index (χ2v) is 6.34. The van der Waals surface area contributed by atoms with Crippen molar-refractivity contribution in [2.75, 3.05) is 14.2 Å². The summed E-state index contributed by atoms with van der Waals surface area (Å²) in [4.78, 5) is 37.3. The standard InChI is InChI=1S/C19H21N3O5/c1-10-17(18(24)21-20-10)13(9-16(23)27-4)14-7-11-5-6-12(26-3)8-15(11)22(2)19(14)25/h5-8,13H,9H2,1-4H3,(H2,20,21,24). The van der Waals surface area contributed by atoms with Gasteiger partial charge in [0.2, 0.25) is 0 Å². The Bertz CT molecular complexity index is 1120. The summed E-state index contributed by atoms with van der Waals surface area (Å²) in [5.41, 5.74) is 1.33. The second-order valence-electron chi connectivity index (χ2n) is 6.34. The fourth-order valence-electron chi connectivity index (χ4n) is 3.34. The lowest BCUT2D eigenvalue weighted by Gasteiger charge is -2.17. The molecule has 0 saturated carbocycles. The van der Waals surface area contributed by atoms with Crippen molar-refractivity contribution in [3.63, 3.8) is 0 Å². The number of H-pyrrole nitrogens is 2. The maximum Gasteiger partial charge on any atom is 0.306 e. The zero-order valence-corrected chi connectivity index (χ0v) is 15.6. The average Bonchev–Trinajstić information content (AvgIpc) is 3.00. The van der Waals surface area contributed by atoms with Gasteiger partial charge in [0, 0.05) is 35.9 Å². The predicted molar refractivity (Wildman–Crippen MR) is 100 cm³/mol. The second kappa shape index (κ2) is 7.14. The summed E-state index contributed by atoms with van der Waals surface area (Å²) in [7, 11) is 4.48. The van der Waals surface area contributed by atoms with E-state index >= 15 is 0 Å². The van der Waals surface area contributed by atoms with E-state index in [0.29, 0.717) is 28.1 Å². The first-order valence-corrected chi connectivity index (χ1v) is 8.39. The van der Waals surface area contributed by atoms with Gasteiger partial charge in [-0.05, 0) is 30.5 Å². The molecule has 1 atom stereocenters. The molecule has 8 heteroatoms. The van der Waals surface area contributed by atoms with Crippen molar-refractivity contribution in [1.82, 2.24) is 14.8 Å². The number of nitrogens with zero attached hydrogens (tertiary/aromatic N) is 1. The Labute approximate surface area is 154 Å². The van der Waals surface area contributed by atoms with Gasteiger partial charge in [-0.1, -0.05) is 0 Å². The normalized spacial score (nSPS) is 12.1. The topological polar surface area (TPSA) is 106 Å². The lowest BCUT2D eigenvalue weighted by molar-refractivity contribution is -0.140. The molecule has 1 unspecified atom stereocenters. The van der Waals surface area contributed by atoms with Gasteiger partial charge in [0.25, 0.3) is 11.1 Å². The van der Waals surface area contributed by atoms with E-state index in [4.69, 9.17) is 9.47 Å². The highest BCUT2D eigenvalue weighted by atomic mass is 16.5. The Morgan fingerprint density at radius 1 is 1.19 bits per heavy atom. The van der Waals surface area contributed by atoms with Crippen LogP contribution in [-0.4, -0.2) is 35.0 Å². The first-order valence-electron chi connectivity index (χ1n) is 8.39. The number of nitrogens with one attached hydrogen (secondary N) is 2. The zero-order chi connectivity index (χ0) is 19.7. The number of rotatable bonds is 5. The minimum absolute atomic E-state index is 0.116. The molecule has 2 aromatic heterocycles. The number of aromatic nitrogens is 3. The van der Waals surface area contributed by atoms with E-state index in [-0.39, 0.29) is 17.5 Å². The molecule has 2 heterocycles. The van der Waals surface area contributed by atoms with Crippen molar-refractivity contribution >= 4 is 16.9 Å². The fourth-order valence-corrected chi connectivity index (χ4v) is 3.34. The number of hydrogen-bond donors (Lipinski definition) is 2. The van der Waals surface area contributed by atoms with Crippen molar-refractivity contribution in [1.29, 1.82) is 0 Å². The summed E-state index contributed by atoms with van der Waals surface area (Å²) >= 11 is 0. The fraction of sp³-hybridized carbons (Fsp3) is 0.316. The Morgan fingerprint density at radius 3 is 2.52 bits per heavy atom. The summed E-state index contributed by atoms with van der Waals surface area (Å²) in [5.74, 6) is -0.594. The van der Waals surface area contributed by atoms with Crippen molar-refractivity contribution in [3.05, 3.63) is 61.8 Å². The molecule has 0 aliphatic heterocycles. The van der Waals surface area contributed by atoms with Gasteiger partial charge in [-0.2, -0.15) is 0 Å². The van der Waals surface area contributed by atoms with E-state index in [1.165, 1.54) is 11.7 Å². The third kappa shape index (κ3) is 3.25. The molecule has 0 amide bonds. The number of carbonyl (C=O) groups excluding carboxylic acids is 1. The number of benzene rings is 1. The SMILES string of the molecule is COC(=O)CC(c1c(C)[nH][nH]c1=O)c1cc2ccc(OC)cc2n(C)c1=O. The highest BCUT2D eigenvalue weighted by Crippen LogP contribution is 2.29. The molecule has 0 fully saturated rings. The third-order valence-corrected chi connectivity index (χ3v) is 4.80. The van der Waals surface area contributed by atoms with Crippen LogP contribution in [0, 0.1) is 6.92 Å². The van der Waals surface area contributed by atoms with Gasteiger partial charge in [-0.15, -0.1) is 0 Å². The van der Waals surface area contributed by atoms with E-state index in [1.807, 2.05) is 6.07 Å². The van der Waals surface area contributed by atoms with E-state index < -0.39 is 11.9 Å². The lowest BCUT2D eigenvalue weighted by atomic mass is 9.88. The minimum atomic E-state index is -0.724. The van der Waals surface area contributed by atoms with Crippen LogP contribution in [0.1, 0.15) is 29.2 Å². The van der Waals surface area contributed by atoms with Crippen LogP contribution in [0.15, 0.2) is 33.9 Å². The number of esters is 1. The Hall–Kier alpha value is -3.29. The van der Waals surface area contributed by atoms with Crippen molar-refractivity contribution < 1.29 is 14.3 Å². The summed E-state index contributed by atoms with van der Waals surface area (Å²) < 4.78 is 11.5. The zero-order valence-electron chi connectivity index (χ0n) is 15.6. The molecule has 3 rings (SSSR count). The van der Waals surface area contributed by atoms with Crippen LogP contribution >= 0.6 is 0 Å². The van der Waals surface area contributed by atoms with Crippen LogP contribution in [0.5, 0.6) is 5.75 Å². The molecule has 0 spiro atoms. The van der Waals surface area contributed by atoms with Gasteiger partial charge in [-0.3, -0.25) is 19.5 Å². The Morgan fingerprint density at radius 2 is 1.93 bits per heavy atom. The summed E-state index contributed by atoms with van der Waals surface area (Å²) in [5, 5.41) is 6.05. The summed E-state index contributed by atoms with van der Waals surface area (Å²) in [6.07, 6.45) is -0.116. The smallest absolute Gasteiger partial charge is 0.306 e. The van der Waals surface area contributed by atoms with Crippen LogP contribution in [0.2, 0.25) is 0 Å². The number of ether oxygens (including phenoxy) is 2. The van der Waals surface area contributed by atoms with Crippen LogP contribution in [0.4, 0.5) is 0 Å². The molecule has 0 aliphatic carbocycles. The predicted octanol–water partition coefficient (Wildman–Crippen LogP) is 1.57. The number of methoxy groups -OCH3 is 2. The number of pyridine rings is 1. The molecule has 3 aromatic rings. The van der Waals surface area contributed by atoms with Crippen LogP contribution in [0.25, 0.3) is 10.9 Å². The quantitative estimate of drug-likeness (QED) is 0.662. The lowest BCUT2D eigenvalue weighted by Crippen LogP contribution is -2.27. The molecule has 142 valence electrons. The van der Waals surface area contributed by atoms with Crippen LogP contribution in [-0.2, 0) is 16.6 Å². The van der Waals surface area contributed by atoms with Gasteiger partial charge in [0.05, 0.1) is 26.2 Å². The first kappa shape index (κ1) is 18.5. The number of aryl methyl sites for hydroxylation is 2. The van der Waals surface area contributed by atoms with Crippen LogP contribution < -0.4 is 15.9 Å². The van der Waals surface area contributed by atoms with E-state index in [1.54, 1.807) is 39.3 Å². The molecule has 2 N–H and O–H groups in total. The van der Waals surface area contributed by atoms with Gasteiger partial charge < -0.3 is 19.1 Å². The molecule has 8 nitrogen and oxygen atoms in total. The van der Waals surface area contributed by atoms with Crippen molar-refractivity contribution in [3.8, 4) is 5.75 Å².